The number of rotatable bonds is 5. The Bertz CT molecular complexity index is 1170. The van der Waals surface area contributed by atoms with Gasteiger partial charge in [-0.25, -0.2) is 4.79 Å². The maximum Gasteiger partial charge on any atom is 0.323 e. The third-order valence-corrected chi connectivity index (χ3v) is 4.84. The zero-order valence-electron chi connectivity index (χ0n) is 19.2. The summed E-state index contributed by atoms with van der Waals surface area (Å²) in [5.74, 6) is -0.459. The highest BCUT2D eigenvalue weighted by atomic mass is 16.2. The highest BCUT2D eigenvalue weighted by Crippen LogP contribution is 2.23. The molecular weight excluding hydrogens is 416 g/mol. The summed E-state index contributed by atoms with van der Waals surface area (Å²) in [6.07, 6.45) is 0. The fraction of sp³-hybridized carbons (Fsp3) is 0.192. The molecule has 3 aromatic rings. The first kappa shape index (κ1) is 23.5. The van der Waals surface area contributed by atoms with Crippen molar-refractivity contribution < 1.29 is 14.4 Å². The molecule has 0 saturated carbocycles. The zero-order valence-corrected chi connectivity index (χ0v) is 19.2. The number of hydrogen-bond donors (Lipinski definition) is 4. The van der Waals surface area contributed by atoms with Gasteiger partial charge in [0, 0.05) is 33.7 Å². The molecule has 0 aromatic heterocycles. The van der Waals surface area contributed by atoms with Crippen LogP contribution in [0, 0.1) is 12.3 Å². The van der Waals surface area contributed by atoms with Gasteiger partial charge >= 0.3 is 6.03 Å². The molecule has 0 unspecified atom stereocenters. The van der Waals surface area contributed by atoms with E-state index in [0.717, 1.165) is 5.56 Å². The predicted molar refractivity (Wildman–Crippen MR) is 133 cm³/mol. The third kappa shape index (κ3) is 6.67. The minimum Gasteiger partial charge on any atom is -0.326 e. The number of benzene rings is 3. The first-order valence-corrected chi connectivity index (χ1v) is 10.6. The molecule has 0 radical (unpaired) electrons. The molecule has 0 spiro atoms. The molecule has 4 N–H and O–H groups in total. The molecule has 0 aliphatic rings. The van der Waals surface area contributed by atoms with Gasteiger partial charge in [0.25, 0.3) is 5.91 Å². The average Bonchev–Trinajstić information content (AvgIpc) is 2.76. The first-order chi connectivity index (χ1) is 15.6. The quantitative estimate of drug-likeness (QED) is 0.396. The van der Waals surface area contributed by atoms with Crippen LogP contribution in [-0.4, -0.2) is 17.8 Å². The largest absolute Gasteiger partial charge is 0.326 e. The summed E-state index contributed by atoms with van der Waals surface area (Å²) in [6.45, 7) is 7.33. The molecule has 0 aliphatic heterocycles. The van der Waals surface area contributed by atoms with Crippen LogP contribution in [0.2, 0.25) is 0 Å². The van der Waals surface area contributed by atoms with Crippen LogP contribution in [0.5, 0.6) is 0 Å². The van der Waals surface area contributed by atoms with Gasteiger partial charge in [-0.1, -0.05) is 51.1 Å². The van der Waals surface area contributed by atoms with Crippen molar-refractivity contribution in [2.45, 2.75) is 27.7 Å². The summed E-state index contributed by atoms with van der Waals surface area (Å²) in [5, 5.41) is 11.2. The van der Waals surface area contributed by atoms with Crippen LogP contribution >= 0.6 is 0 Å². The average molecular weight is 445 g/mol. The minimum atomic E-state index is -0.546. The van der Waals surface area contributed by atoms with Crippen LogP contribution in [-0.2, 0) is 4.79 Å². The van der Waals surface area contributed by atoms with Crippen LogP contribution in [0.3, 0.4) is 0 Å². The van der Waals surface area contributed by atoms with Gasteiger partial charge in [-0.2, -0.15) is 0 Å². The van der Waals surface area contributed by atoms with Gasteiger partial charge in [-0.3, -0.25) is 9.59 Å². The molecule has 0 heterocycles. The highest BCUT2D eigenvalue weighted by molar-refractivity contribution is 6.06. The standard InChI is InChI=1S/C26H28N4O3/c1-17-13-14-21(29-25(33)28-19-10-6-5-7-11-19)16-22(17)30-23(31)18-9-8-12-20(15-18)27-24(32)26(2,3)4/h5-16H,1-4H3,(H,27,32)(H,30,31)(H2,28,29,33). The second-order valence-corrected chi connectivity index (χ2v) is 8.71. The Morgan fingerprint density at radius 3 is 2.00 bits per heavy atom. The zero-order chi connectivity index (χ0) is 24.0. The fourth-order valence-corrected chi connectivity index (χ4v) is 2.90. The molecule has 7 heteroatoms. The Morgan fingerprint density at radius 1 is 0.667 bits per heavy atom. The smallest absolute Gasteiger partial charge is 0.323 e. The van der Waals surface area contributed by atoms with Crippen molar-refractivity contribution >= 4 is 40.6 Å². The summed E-state index contributed by atoms with van der Waals surface area (Å²) in [6, 6.07) is 20.8. The van der Waals surface area contributed by atoms with Crippen LogP contribution in [0.25, 0.3) is 0 Å². The molecule has 7 nitrogen and oxygen atoms in total. The molecule has 0 aliphatic carbocycles. The lowest BCUT2D eigenvalue weighted by Gasteiger charge is -2.18. The van der Waals surface area contributed by atoms with E-state index in [1.54, 1.807) is 48.5 Å². The van der Waals surface area contributed by atoms with Crippen LogP contribution in [0.15, 0.2) is 72.8 Å². The van der Waals surface area contributed by atoms with Crippen LogP contribution < -0.4 is 21.3 Å². The van der Waals surface area contributed by atoms with Gasteiger partial charge in [0.05, 0.1) is 0 Å². The van der Waals surface area contributed by atoms with Gasteiger partial charge in [0.2, 0.25) is 5.91 Å². The van der Waals surface area contributed by atoms with Crippen molar-refractivity contribution in [2.75, 3.05) is 21.3 Å². The van der Waals surface area contributed by atoms with E-state index in [1.165, 1.54) is 0 Å². The topological polar surface area (TPSA) is 99.3 Å². The van der Waals surface area contributed by atoms with E-state index in [-0.39, 0.29) is 17.8 Å². The third-order valence-electron chi connectivity index (χ3n) is 4.84. The number of aryl methyl sites for hydroxylation is 1. The molecule has 3 rings (SSSR count). The van der Waals surface area contributed by atoms with Crippen LogP contribution in [0.4, 0.5) is 27.5 Å². The normalized spacial score (nSPS) is 10.8. The van der Waals surface area contributed by atoms with Crippen molar-refractivity contribution in [3.63, 3.8) is 0 Å². The van der Waals surface area contributed by atoms with Crippen LogP contribution in [0.1, 0.15) is 36.7 Å². The Balaban J connectivity index is 1.69. The summed E-state index contributed by atoms with van der Waals surface area (Å²) < 4.78 is 0. The molecule has 33 heavy (non-hydrogen) atoms. The van der Waals surface area contributed by atoms with E-state index in [1.807, 2.05) is 52.0 Å². The van der Waals surface area contributed by atoms with E-state index >= 15 is 0 Å². The second-order valence-electron chi connectivity index (χ2n) is 8.71. The lowest BCUT2D eigenvalue weighted by atomic mass is 9.95. The van der Waals surface area contributed by atoms with E-state index < -0.39 is 5.41 Å². The number of hydrogen-bond acceptors (Lipinski definition) is 3. The van der Waals surface area contributed by atoms with Crippen molar-refractivity contribution in [3.05, 3.63) is 83.9 Å². The van der Waals surface area contributed by atoms with Crippen molar-refractivity contribution in [3.8, 4) is 0 Å². The predicted octanol–water partition coefficient (Wildman–Crippen LogP) is 5.88. The van der Waals surface area contributed by atoms with E-state index in [9.17, 15) is 14.4 Å². The van der Waals surface area contributed by atoms with Gasteiger partial charge in [-0.05, 0) is 55.0 Å². The molecule has 170 valence electrons. The maximum atomic E-state index is 12.9. The van der Waals surface area contributed by atoms with E-state index in [4.69, 9.17) is 0 Å². The lowest BCUT2D eigenvalue weighted by Crippen LogP contribution is -2.27. The molecule has 0 saturated heterocycles. The van der Waals surface area contributed by atoms with Crippen molar-refractivity contribution in [1.82, 2.24) is 0 Å². The van der Waals surface area contributed by atoms with Gasteiger partial charge in [0.1, 0.15) is 0 Å². The number of carbonyl (C=O) groups is 3. The Kier molecular flexibility index (Phi) is 7.13. The molecule has 0 bridgehead atoms. The summed E-state index contributed by atoms with van der Waals surface area (Å²) in [5.41, 5.74) is 3.03. The Morgan fingerprint density at radius 2 is 1.30 bits per heavy atom. The SMILES string of the molecule is Cc1ccc(NC(=O)Nc2ccccc2)cc1NC(=O)c1cccc(NC(=O)C(C)(C)C)c1. The van der Waals surface area contributed by atoms with E-state index in [0.29, 0.717) is 28.3 Å². The number of carbonyl (C=O) groups excluding carboxylic acids is 3. The van der Waals surface area contributed by atoms with Crippen molar-refractivity contribution in [2.24, 2.45) is 5.41 Å². The summed E-state index contributed by atoms with van der Waals surface area (Å²) >= 11 is 0. The van der Waals surface area contributed by atoms with E-state index in [2.05, 4.69) is 21.3 Å². The summed E-state index contributed by atoms with van der Waals surface area (Å²) in [7, 11) is 0. The monoisotopic (exact) mass is 444 g/mol. The first-order valence-electron chi connectivity index (χ1n) is 10.6. The Labute approximate surface area is 193 Å². The highest BCUT2D eigenvalue weighted by Gasteiger charge is 2.21. The maximum absolute atomic E-state index is 12.9. The molecular formula is C26H28N4O3. The number of anilines is 4. The molecule has 0 fully saturated rings. The molecule has 3 aromatic carbocycles. The number of para-hydroxylation sites is 1. The number of amides is 4. The number of nitrogens with one attached hydrogen (secondary N) is 4. The fourth-order valence-electron chi connectivity index (χ4n) is 2.90. The van der Waals surface area contributed by atoms with Gasteiger partial charge in [0.15, 0.2) is 0 Å². The van der Waals surface area contributed by atoms with Crippen molar-refractivity contribution in [1.29, 1.82) is 0 Å². The molecule has 4 amide bonds. The minimum absolute atomic E-state index is 0.136. The Hall–Kier alpha value is -4.13. The number of urea groups is 1. The van der Waals surface area contributed by atoms with Gasteiger partial charge < -0.3 is 21.3 Å². The molecule has 0 atom stereocenters. The second kappa shape index (κ2) is 9.99. The summed E-state index contributed by atoms with van der Waals surface area (Å²) in [4.78, 5) is 37.4. The lowest BCUT2D eigenvalue weighted by molar-refractivity contribution is -0.123. The van der Waals surface area contributed by atoms with Gasteiger partial charge in [-0.15, -0.1) is 0 Å².